The van der Waals surface area contributed by atoms with Crippen LogP contribution in [0.25, 0.3) is 0 Å². The van der Waals surface area contributed by atoms with E-state index in [9.17, 15) is 4.79 Å². The van der Waals surface area contributed by atoms with E-state index in [1.54, 1.807) is 7.11 Å². The predicted molar refractivity (Wildman–Crippen MR) is 63.1 cm³/mol. The van der Waals surface area contributed by atoms with E-state index < -0.39 is 0 Å². The number of amides is 1. The predicted octanol–water partition coefficient (Wildman–Crippen LogP) is 2.24. The van der Waals surface area contributed by atoms with Gasteiger partial charge in [0.15, 0.2) is 0 Å². The number of carbonyl (C=O) groups is 1. The van der Waals surface area contributed by atoms with Crippen molar-refractivity contribution in [2.75, 3.05) is 13.7 Å². The number of hydrogen-bond acceptors (Lipinski definition) is 2. The Balaban J connectivity index is 2.65. The highest BCUT2D eigenvalue weighted by molar-refractivity contribution is 5.99. The second kappa shape index (κ2) is 4.16. The third-order valence-corrected chi connectivity index (χ3v) is 3.27. The van der Waals surface area contributed by atoms with Crippen molar-refractivity contribution in [3.63, 3.8) is 0 Å². The molecule has 1 atom stereocenters. The summed E-state index contributed by atoms with van der Waals surface area (Å²) in [6, 6.07) is 3.89. The van der Waals surface area contributed by atoms with Crippen LogP contribution in [0.1, 0.15) is 40.7 Å². The molecule has 86 valence electrons. The van der Waals surface area contributed by atoms with Gasteiger partial charge in [0.2, 0.25) is 0 Å². The minimum atomic E-state index is 0.0242. The van der Waals surface area contributed by atoms with Gasteiger partial charge in [-0.15, -0.1) is 0 Å². The first kappa shape index (κ1) is 11.0. The summed E-state index contributed by atoms with van der Waals surface area (Å²) in [6.45, 7) is 4.81. The first-order valence-corrected chi connectivity index (χ1v) is 5.64. The summed E-state index contributed by atoms with van der Waals surface area (Å²) in [5.74, 6) is 1.22. The smallest absolute Gasteiger partial charge is 0.252 e. The number of carbonyl (C=O) groups excluding carboxylic acids is 1. The van der Waals surface area contributed by atoms with E-state index in [0.29, 0.717) is 12.5 Å². The average molecular weight is 219 g/mol. The second-order valence-corrected chi connectivity index (χ2v) is 4.19. The molecular formula is C13H17NO2. The summed E-state index contributed by atoms with van der Waals surface area (Å²) in [5.41, 5.74) is 2.90. The van der Waals surface area contributed by atoms with Gasteiger partial charge in [0, 0.05) is 23.6 Å². The molecule has 1 aliphatic rings. The topological polar surface area (TPSA) is 38.3 Å². The number of fused-ring (bicyclic) bond motifs is 1. The Hall–Kier alpha value is -1.51. The van der Waals surface area contributed by atoms with Gasteiger partial charge < -0.3 is 10.1 Å². The Kier molecular flexibility index (Phi) is 2.86. The fraction of sp³-hybridized carbons (Fsp3) is 0.462. The molecule has 0 spiro atoms. The van der Waals surface area contributed by atoms with E-state index in [2.05, 4.69) is 12.2 Å². The molecule has 0 radical (unpaired) electrons. The summed E-state index contributed by atoms with van der Waals surface area (Å²) in [7, 11) is 1.66. The van der Waals surface area contributed by atoms with Crippen molar-refractivity contribution in [2.24, 2.45) is 0 Å². The molecule has 0 fully saturated rings. The molecule has 1 unspecified atom stereocenters. The van der Waals surface area contributed by atoms with Gasteiger partial charge in [-0.1, -0.05) is 13.0 Å². The fourth-order valence-corrected chi connectivity index (χ4v) is 2.35. The lowest BCUT2D eigenvalue weighted by atomic mass is 9.85. The molecule has 3 nitrogen and oxygen atoms in total. The Morgan fingerprint density at radius 1 is 1.50 bits per heavy atom. The van der Waals surface area contributed by atoms with E-state index in [0.717, 1.165) is 28.9 Å². The molecule has 1 aromatic carbocycles. The van der Waals surface area contributed by atoms with Gasteiger partial charge in [0.25, 0.3) is 5.91 Å². The molecule has 0 saturated carbocycles. The summed E-state index contributed by atoms with van der Waals surface area (Å²) in [5, 5.41) is 2.94. The lowest BCUT2D eigenvalue weighted by Gasteiger charge is -2.27. The number of methoxy groups -OCH3 is 1. The molecule has 1 heterocycles. The van der Waals surface area contributed by atoms with E-state index in [1.807, 2.05) is 19.1 Å². The largest absolute Gasteiger partial charge is 0.496 e. The molecule has 1 aromatic rings. The molecule has 16 heavy (non-hydrogen) atoms. The standard InChI is InChI=1S/C13H17NO2/c1-4-9-7-14-13(15)11-8(2)5-6-10(16-3)12(9)11/h5-6,9H,4,7H2,1-3H3,(H,14,15). The van der Waals surface area contributed by atoms with Crippen molar-refractivity contribution >= 4 is 5.91 Å². The minimum Gasteiger partial charge on any atom is -0.496 e. The maximum Gasteiger partial charge on any atom is 0.252 e. The van der Waals surface area contributed by atoms with Crippen molar-refractivity contribution in [1.29, 1.82) is 0 Å². The first-order valence-electron chi connectivity index (χ1n) is 5.64. The van der Waals surface area contributed by atoms with Crippen molar-refractivity contribution in [3.05, 3.63) is 28.8 Å². The Bertz CT molecular complexity index is 426. The van der Waals surface area contributed by atoms with E-state index >= 15 is 0 Å². The van der Waals surface area contributed by atoms with Crippen LogP contribution < -0.4 is 10.1 Å². The highest BCUT2D eigenvalue weighted by Crippen LogP contribution is 2.35. The molecule has 1 aliphatic heterocycles. The van der Waals surface area contributed by atoms with Gasteiger partial charge in [0.05, 0.1) is 7.11 Å². The van der Waals surface area contributed by atoms with Gasteiger partial charge in [0.1, 0.15) is 5.75 Å². The third-order valence-electron chi connectivity index (χ3n) is 3.27. The molecule has 0 aromatic heterocycles. The molecule has 0 aliphatic carbocycles. The van der Waals surface area contributed by atoms with Crippen LogP contribution >= 0.6 is 0 Å². The zero-order valence-electron chi connectivity index (χ0n) is 9.96. The van der Waals surface area contributed by atoms with Crippen molar-refractivity contribution < 1.29 is 9.53 Å². The Labute approximate surface area is 95.8 Å². The molecule has 1 N–H and O–H groups in total. The molecular weight excluding hydrogens is 202 g/mol. The van der Waals surface area contributed by atoms with E-state index in [-0.39, 0.29) is 5.91 Å². The molecule has 0 bridgehead atoms. The van der Waals surface area contributed by atoms with Crippen LogP contribution in [0.5, 0.6) is 5.75 Å². The van der Waals surface area contributed by atoms with Crippen LogP contribution in [-0.4, -0.2) is 19.6 Å². The maximum absolute atomic E-state index is 11.9. The molecule has 1 amide bonds. The van der Waals surface area contributed by atoms with Gasteiger partial charge in [-0.25, -0.2) is 0 Å². The Morgan fingerprint density at radius 2 is 2.25 bits per heavy atom. The first-order chi connectivity index (χ1) is 7.69. The van der Waals surface area contributed by atoms with Crippen LogP contribution in [0, 0.1) is 6.92 Å². The van der Waals surface area contributed by atoms with Crippen LogP contribution in [-0.2, 0) is 0 Å². The van der Waals surface area contributed by atoms with E-state index in [1.165, 1.54) is 0 Å². The normalized spacial score (nSPS) is 18.9. The number of nitrogens with one attached hydrogen (secondary N) is 1. The summed E-state index contributed by atoms with van der Waals surface area (Å²) >= 11 is 0. The number of hydrogen-bond donors (Lipinski definition) is 1. The molecule has 3 heteroatoms. The SMILES string of the molecule is CCC1CNC(=O)c2c(C)ccc(OC)c21. The quantitative estimate of drug-likeness (QED) is 0.828. The fourth-order valence-electron chi connectivity index (χ4n) is 2.35. The highest BCUT2D eigenvalue weighted by atomic mass is 16.5. The maximum atomic E-state index is 11.9. The van der Waals surface area contributed by atoms with E-state index in [4.69, 9.17) is 4.74 Å². The Morgan fingerprint density at radius 3 is 2.88 bits per heavy atom. The van der Waals surface area contributed by atoms with Gasteiger partial charge in [-0.2, -0.15) is 0 Å². The lowest BCUT2D eigenvalue weighted by Crippen LogP contribution is -2.35. The molecule has 0 saturated heterocycles. The van der Waals surface area contributed by atoms with Crippen molar-refractivity contribution in [2.45, 2.75) is 26.2 Å². The van der Waals surface area contributed by atoms with Gasteiger partial charge >= 0.3 is 0 Å². The third kappa shape index (κ3) is 1.56. The summed E-state index contributed by atoms with van der Waals surface area (Å²) in [4.78, 5) is 11.9. The summed E-state index contributed by atoms with van der Waals surface area (Å²) < 4.78 is 5.37. The van der Waals surface area contributed by atoms with Gasteiger partial charge in [-0.05, 0) is 25.0 Å². The van der Waals surface area contributed by atoms with Crippen LogP contribution in [0.4, 0.5) is 0 Å². The lowest BCUT2D eigenvalue weighted by molar-refractivity contribution is 0.0938. The van der Waals surface area contributed by atoms with Crippen LogP contribution in [0.15, 0.2) is 12.1 Å². The van der Waals surface area contributed by atoms with Gasteiger partial charge in [-0.3, -0.25) is 4.79 Å². The van der Waals surface area contributed by atoms with Crippen LogP contribution in [0.3, 0.4) is 0 Å². The summed E-state index contributed by atoms with van der Waals surface area (Å²) in [6.07, 6.45) is 1.01. The average Bonchev–Trinajstić information content (AvgIpc) is 2.30. The number of rotatable bonds is 2. The highest BCUT2D eigenvalue weighted by Gasteiger charge is 2.28. The van der Waals surface area contributed by atoms with Crippen molar-refractivity contribution in [3.8, 4) is 5.75 Å². The minimum absolute atomic E-state index is 0.0242. The number of aryl methyl sites for hydroxylation is 1. The monoisotopic (exact) mass is 219 g/mol. The van der Waals surface area contributed by atoms with Crippen LogP contribution in [0.2, 0.25) is 0 Å². The molecule has 2 rings (SSSR count). The van der Waals surface area contributed by atoms with Crippen molar-refractivity contribution in [1.82, 2.24) is 5.32 Å². The number of ether oxygens (including phenoxy) is 1. The zero-order chi connectivity index (χ0) is 11.7. The number of benzene rings is 1. The second-order valence-electron chi connectivity index (χ2n) is 4.19. The zero-order valence-corrected chi connectivity index (χ0v) is 9.96.